The molecule has 8 nitrogen and oxygen atoms in total. The van der Waals surface area contributed by atoms with Gasteiger partial charge >= 0.3 is 0 Å². The lowest BCUT2D eigenvalue weighted by Crippen LogP contribution is -2.40. The van der Waals surface area contributed by atoms with Crippen LogP contribution < -0.4 is 5.32 Å². The molecule has 0 bridgehead atoms. The Bertz CT molecular complexity index is 957. The third-order valence-corrected chi connectivity index (χ3v) is 4.74. The molecule has 9 heteroatoms. The molecule has 28 heavy (non-hydrogen) atoms. The summed E-state index contributed by atoms with van der Waals surface area (Å²) in [4.78, 5) is 27.1. The van der Waals surface area contributed by atoms with E-state index in [1.54, 1.807) is 35.9 Å². The van der Waals surface area contributed by atoms with E-state index in [9.17, 15) is 4.79 Å². The number of ether oxygens (including phenoxy) is 1. The molecule has 4 rings (SSSR count). The summed E-state index contributed by atoms with van der Waals surface area (Å²) in [5, 5.41) is 3.61. The molecule has 0 unspecified atom stereocenters. The number of aromatic nitrogens is 4. The molecule has 0 aromatic carbocycles. The summed E-state index contributed by atoms with van der Waals surface area (Å²) in [5.74, 6) is 1.21. The van der Waals surface area contributed by atoms with Crippen LogP contribution in [-0.2, 0) is 11.3 Å². The summed E-state index contributed by atoms with van der Waals surface area (Å²) in [6.45, 7) is 2.74. The summed E-state index contributed by atoms with van der Waals surface area (Å²) in [6, 6.07) is 5.49. The number of imidazole rings is 1. The third-order valence-electron chi connectivity index (χ3n) is 4.45. The van der Waals surface area contributed by atoms with E-state index in [1.807, 2.05) is 22.9 Å². The number of hydrogen-bond acceptors (Lipinski definition) is 6. The SMILES string of the molecule is O=C(c1cnc(NCc2cccnc2-n2ccnc2)c(Cl)c1)N1CCOCC1. The Kier molecular flexibility index (Phi) is 5.50. The Labute approximate surface area is 167 Å². The molecule has 0 aliphatic carbocycles. The molecule has 1 aliphatic rings. The molecule has 144 valence electrons. The van der Waals surface area contributed by atoms with E-state index in [-0.39, 0.29) is 5.91 Å². The van der Waals surface area contributed by atoms with Crippen LogP contribution in [0, 0.1) is 0 Å². The molecule has 0 spiro atoms. The Morgan fingerprint density at radius 2 is 2.11 bits per heavy atom. The fraction of sp³-hybridized carbons (Fsp3) is 0.263. The molecule has 1 fully saturated rings. The summed E-state index contributed by atoms with van der Waals surface area (Å²) < 4.78 is 7.13. The normalized spacial score (nSPS) is 14.1. The van der Waals surface area contributed by atoms with Gasteiger partial charge in [-0.3, -0.25) is 9.36 Å². The van der Waals surface area contributed by atoms with Crippen LogP contribution in [0.3, 0.4) is 0 Å². The predicted molar refractivity (Wildman–Crippen MR) is 105 cm³/mol. The minimum Gasteiger partial charge on any atom is -0.378 e. The van der Waals surface area contributed by atoms with Crippen molar-refractivity contribution in [3.05, 3.63) is 65.5 Å². The number of rotatable bonds is 5. The Balaban J connectivity index is 1.47. The number of nitrogens with one attached hydrogen (secondary N) is 1. The van der Waals surface area contributed by atoms with Crippen molar-refractivity contribution in [3.63, 3.8) is 0 Å². The Hall–Kier alpha value is -2.97. The predicted octanol–water partition coefficient (Wildman–Crippen LogP) is 2.40. The average Bonchev–Trinajstić information content (AvgIpc) is 3.28. The number of anilines is 1. The van der Waals surface area contributed by atoms with E-state index in [0.717, 1.165) is 11.4 Å². The zero-order valence-corrected chi connectivity index (χ0v) is 15.8. The lowest BCUT2D eigenvalue weighted by atomic mass is 10.2. The first-order chi connectivity index (χ1) is 13.7. The van der Waals surface area contributed by atoms with E-state index in [4.69, 9.17) is 16.3 Å². The van der Waals surface area contributed by atoms with E-state index >= 15 is 0 Å². The van der Waals surface area contributed by atoms with Crippen molar-refractivity contribution in [1.29, 1.82) is 0 Å². The van der Waals surface area contributed by atoms with Crippen molar-refractivity contribution in [2.24, 2.45) is 0 Å². The fourth-order valence-corrected chi connectivity index (χ4v) is 3.23. The molecule has 0 saturated carbocycles. The molecule has 1 N–H and O–H groups in total. The highest BCUT2D eigenvalue weighted by molar-refractivity contribution is 6.33. The van der Waals surface area contributed by atoms with Gasteiger partial charge in [0.2, 0.25) is 0 Å². The first-order valence-electron chi connectivity index (χ1n) is 8.91. The highest BCUT2D eigenvalue weighted by Gasteiger charge is 2.20. The van der Waals surface area contributed by atoms with E-state index in [0.29, 0.717) is 49.3 Å². The van der Waals surface area contributed by atoms with Crippen LogP contribution in [0.4, 0.5) is 5.82 Å². The van der Waals surface area contributed by atoms with Crippen molar-refractivity contribution in [3.8, 4) is 5.82 Å². The van der Waals surface area contributed by atoms with Gasteiger partial charge in [0, 0.05) is 50.0 Å². The van der Waals surface area contributed by atoms with Gasteiger partial charge in [-0.2, -0.15) is 0 Å². The minimum atomic E-state index is -0.0843. The second-order valence-electron chi connectivity index (χ2n) is 6.27. The quantitative estimate of drug-likeness (QED) is 0.710. The molecule has 1 amide bonds. The van der Waals surface area contributed by atoms with Gasteiger partial charge in [-0.15, -0.1) is 0 Å². The van der Waals surface area contributed by atoms with Crippen molar-refractivity contribution in [2.75, 3.05) is 31.6 Å². The van der Waals surface area contributed by atoms with Gasteiger partial charge in [-0.05, 0) is 12.1 Å². The number of morpholine rings is 1. The van der Waals surface area contributed by atoms with Gasteiger partial charge in [0.1, 0.15) is 18.0 Å². The molecular weight excluding hydrogens is 380 g/mol. The van der Waals surface area contributed by atoms with Crippen LogP contribution in [0.25, 0.3) is 5.82 Å². The lowest BCUT2D eigenvalue weighted by molar-refractivity contribution is 0.0302. The zero-order valence-electron chi connectivity index (χ0n) is 15.1. The van der Waals surface area contributed by atoms with E-state index < -0.39 is 0 Å². The van der Waals surface area contributed by atoms with Crippen molar-refractivity contribution in [1.82, 2.24) is 24.4 Å². The van der Waals surface area contributed by atoms with Gasteiger partial charge < -0.3 is 15.0 Å². The van der Waals surface area contributed by atoms with Gasteiger partial charge in [0.25, 0.3) is 5.91 Å². The summed E-state index contributed by atoms with van der Waals surface area (Å²) in [6.07, 6.45) is 8.52. The van der Waals surface area contributed by atoms with Gasteiger partial charge in [-0.1, -0.05) is 17.7 Å². The van der Waals surface area contributed by atoms with Crippen LogP contribution in [0.15, 0.2) is 49.3 Å². The number of halogens is 1. The standard InChI is InChI=1S/C19H19ClN6O2/c20-16-10-15(19(27)25-6-8-28-9-7-25)12-24-17(16)23-11-14-2-1-3-22-18(14)26-5-4-21-13-26/h1-5,10,12-13H,6-9,11H2,(H,23,24). The summed E-state index contributed by atoms with van der Waals surface area (Å²) in [5.41, 5.74) is 1.43. The molecular formula is C19H19ClN6O2. The van der Waals surface area contributed by atoms with Crippen LogP contribution in [0.2, 0.25) is 5.02 Å². The van der Waals surface area contributed by atoms with Crippen molar-refractivity contribution in [2.45, 2.75) is 6.54 Å². The monoisotopic (exact) mass is 398 g/mol. The molecule has 4 heterocycles. The topological polar surface area (TPSA) is 85.2 Å². The first kappa shape index (κ1) is 18.4. The smallest absolute Gasteiger partial charge is 0.255 e. The number of carbonyl (C=O) groups is 1. The van der Waals surface area contributed by atoms with Gasteiger partial charge in [-0.25, -0.2) is 15.0 Å². The average molecular weight is 399 g/mol. The number of hydrogen-bond donors (Lipinski definition) is 1. The molecule has 0 atom stereocenters. The number of amides is 1. The summed E-state index contributed by atoms with van der Waals surface area (Å²) in [7, 11) is 0. The third kappa shape index (κ3) is 3.97. The van der Waals surface area contributed by atoms with Crippen molar-refractivity contribution >= 4 is 23.3 Å². The minimum absolute atomic E-state index is 0.0843. The first-order valence-corrected chi connectivity index (χ1v) is 9.29. The maximum Gasteiger partial charge on any atom is 0.255 e. The highest BCUT2D eigenvalue weighted by Crippen LogP contribution is 2.22. The number of carbonyl (C=O) groups excluding carboxylic acids is 1. The maximum atomic E-state index is 12.6. The maximum absolute atomic E-state index is 12.6. The van der Waals surface area contributed by atoms with Crippen LogP contribution in [-0.4, -0.2) is 56.6 Å². The highest BCUT2D eigenvalue weighted by atomic mass is 35.5. The molecule has 1 saturated heterocycles. The van der Waals surface area contributed by atoms with Crippen LogP contribution >= 0.6 is 11.6 Å². The van der Waals surface area contributed by atoms with Crippen molar-refractivity contribution < 1.29 is 9.53 Å². The Morgan fingerprint density at radius 3 is 2.86 bits per heavy atom. The second-order valence-corrected chi connectivity index (χ2v) is 6.68. The molecule has 0 radical (unpaired) electrons. The summed E-state index contributed by atoms with van der Waals surface area (Å²) >= 11 is 6.37. The molecule has 3 aromatic rings. The van der Waals surface area contributed by atoms with E-state index in [2.05, 4.69) is 20.3 Å². The van der Waals surface area contributed by atoms with Gasteiger partial charge in [0.15, 0.2) is 0 Å². The van der Waals surface area contributed by atoms with Crippen LogP contribution in [0.5, 0.6) is 0 Å². The fourth-order valence-electron chi connectivity index (χ4n) is 3.00. The van der Waals surface area contributed by atoms with Crippen LogP contribution in [0.1, 0.15) is 15.9 Å². The number of nitrogens with zero attached hydrogens (tertiary/aromatic N) is 5. The molecule has 3 aromatic heterocycles. The number of pyridine rings is 2. The largest absolute Gasteiger partial charge is 0.378 e. The molecule has 1 aliphatic heterocycles. The van der Waals surface area contributed by atoms with Gasteiger partial charge in [0.05, 0.1) is 23.8 Å². The van der Waals surface area contributed by atoms with E-state index in [1.165, 1.54) is 0 Å². The Morgan fingerprint density at radius 1 is 1.25 bits per heavy atom. The zero-order chi connectivity index (χ0) is 19.3. The second kappa shape index (κ2) is 8.37. The lowest BCUT2D eigenvalue weighted by Gasteiger charge is -2.26.